The van der Waals surface area contributed by atoms with E-state index < -0.39 is 11.7 Å². The molecule has 0 aromatic heterocycles. The van der Waals surface area contributed by atoms with E-state index in [1.165, 1.54) is 12.1 Å². The standard InChI is InChI=1S/C22H26F3N3O2/c1-30-20-8-3-2-6-18(20)14-26-21(29)16-28-11-9-27(10-12-28)15-17-5-4-7-19(13-17)22(23,24)25/h2-8,13H,9-12,14-16H2,1H3,(H,26,29). The Kier molecular flexibility index (Phi) is 7.33. The fourth-order valence-corrected chi connectivity index (χ4v) is 3.51. The molecular formula is C22H26F3N3O2. The molecule has 2 aromatic rings. The maximum absolute atomic E-state index is 12.9. The van der Waals surface area contributed by atoms with Gasteiger partial charge in [0.05, 0.1) is 19.2 Å². The fraction of sp³-hybridized carbons (Fsp3) is 0.409. The Bertz CT molecular complexity index is 850. The summed E-state index contributed by atoms with van der Waals surface area (Å²) < 4.78 is 43.9. The maximum atomic E-state index is 12.9. The van der Waals surface area contributed by atoms with Gasteiger partial charge in [0, 0.05) is 44.8 Å². The molecule has 1 N–H and O–H groups in total. The fourth-order valence-electron chi connectivity index (χ4n) is 3.51. The number of nitrogens with one attached hydrogen (secondary N) is 1. The van der Waals surface area contributed by atoms with Crippen molar-refractivity contribution in [2.75, 3.05) is 39.8 Å². The quantitative estimate of drug-likeness (QED) is 0.746. The maximum Gasteiger partial charge on any atom is 0.416 e. The first-order chi connectivity index (χ1) is 14.3. The van der Waals surface area contributed by atoms with E-state index in [0.717, 1.165) is 17.4 Å². The van der Waals surface area contributed by atoms with E-state index in [1.807, 2.05) is 24.3 Å². The number of halogens is 3. The largest absolute Gasteiger partial charge is 0.496 e. The Hall–Kier alpha value is -2.58. The molecule has 30 heavy (non-hydrogen) atoms. The van der Waals surface area contributed by atoms with E-state index in [4.69, 9.17) is 4.74 Å². The van der Waals surface area contributed by atoms with Crippen LogP contribution >= 0.6 is 0 Å². The van der Waals surface area contributed by atoms with Crippen molar-refractivity contribution >= 4 is 5.91 Å². The van der Waals surface area contributed by atoms with E-state index >= 15 is 0 Å². The summed E-state index contributed by atoms with van der Waals surface area (Å²) in [5.41, 5.74) is 0.942. The monoisotopic (exact) mass is 421 g/mol. The molecule has 0 saturated carbocycles. The van der Waals surface area contributed by atoms with Gasteiger partial charge in [-0.15, -0.1) is 0 Å². The van der Waals surface area contributed by atoms with Crippen molar-refractivity contribution in [1.82, 2.24) is 15.1 Å². The van der Waals surface area contributed by atoms with Crippen LogP contribution in [0.2, 0.25) is 0 Å². The average molecular weight is 421 g/mol. The van der Waals surface area contributed by atoms with E-state index in [1.54, 1.807) is 13.2 Å². The van der Waals surface area contributed by atoms with Gasteiger partial charge in [0.15, 0.2) is 0 Å². The summed E-state index contributed by atoms with van der Waals surface area (Å²) in [7, 11) is 1.60. The van der Waals surface area contributed by atoms with E-state index in [-0.39, 0.29) is 5.91 Å². The third-order valence-corrected chi connectivity index (χ3v) is 5.16. The second-order valence-electron chi connectivity index (χ2n) is 7.34. The van der Waals surface area contributed by atoms with Crippen molar-refractivity contribution in [2.24, 2.45) is 0 Å². The number of para-hydroxylation sites is 1. The third-order valence-electron chi connectivity index (χ3n) is 5.16. The Morgan fingerprint density at radius 1 is 1.03 bits per heavy atom. The minimum absolute atomic E-state index is 0.0627. The van der Waals surface area contributed by atoms with E-state index in [2.05, 4.69) is 15.1 Å². The molecule has 1 fully saturated rings. The van der Waals surface area contributed by atoms with Crippen LogP contribution in [0.3, 0.4) is 0 Å². The SMILES string of the molecule is COc1ccccc1CNC(=O)CN1CCN(Cc2cccc(C(F)(F)F)c2)CC1. The second kappa shape index (κ2) is 9.95. The summed E-state index contributed by atoms with van der Waals surface area (Å²) in [6.07, 6.45) is -4.33. The van der Waals surface area contributed by atoms with Crippen LogP contribution in [-0.4, -0.2) is 55.5 Å². The normalized spacial score (nSPS) is 15.7. The highest BCUT2D eigenvalue weighted by Gasteiger charge is 2.30. The molecular weight excluding hydrogens is 395 g/mol. The lowest BCUT2D eigenvalue weighted by Gasteiger charge is -2.34. The summed E-state index contributed by atoms with van der Waals surface area (Å²) in [5.74, 6) is 0.674. The third kappa shape index (κ3) is 6.21. The van der Waals surface area contributed by atoms with E-state index in [0.29, 0.717) is 51.4 Å². The molecule has 0 radical (unpaired) electrons. The predicted molar refractivity (Wildman–Crippen MR) is 108 cm³/mol. The van der Waals surface area contributed by atoms with Crippen LogP contribution in [0.1, 0.15) is 16.7 Å². The first-order valence-corrected chi connectivity index (χ1v) is 9.84. The number of piperazine rings is 1. The first-order valence-electron chi connectivity index (χ1n) is 9.84. The highest BCUT2D eigenvalue weighted by Crippen LogP contribution is 2.29. The molecule has 0 unspecified atom stereocenters. The number of carbonyl (C=O) groups excluding carboxylic acids is 1. The topological polar surface area (TPSA) is 44.8 Å². The lowest BCUT2D eigenvalue weighted by atomic mass is 10.1. The average Bonchev–Trinajstić information content (AvgIpc) is 2.73. The summed E-state index contributed by atoms with van der Waals surface area (Å²) >= 11 is 0. The molecule has 1 heterocycles. The number of alkyl halides is 3. The minimum atomic E-state index is -4.33. The van der Waals surface area contributed by atoms with Gasteiger partial charge >= 0.3 is 6.18 Å². The zero-order valence-corrected chi connectivity index (χ0v) is 16.9. The van der Waals surface area contributed by atoms with Gasteiger partial charge in [0.1, 0.15) is 5.75 Å². The number of hydrogen-bond donors (Lipinski definition) is 1. The zero-order valence-electron chi connectivity index (χ0n) is 16.9. The molecule has 1 aliphatic rings. The van der Waals surface area contributed by atoms with Gasteiger partial charge in [-0.25, -0.2) is 0 Å². The molecule has 0 bridgehead atoms. The van der Waals surface area contributed by atoms with Crippen molar-refractivity contribution in [3.8, 4) is 5.75 Å². The van der Waals surface area contributed by atoms with Crippen LogP contribution < -0.4 is 10.1 Å². The first kappa shape index (κ1) is 22.1. The van der Waals surface area contributed by atoms with Crippen molar-refractivity contribution in [3.05, 3.63) is 65.2 Å². The van der Waals surface area contributed by atoms with Crippen LogP contribution in [-0.2, 0) is 24.1 Å². The Labute approximate surface area is 174 Å². The zero-order chi connectivity index (χ0) is 21.6. The number of rotatable bonds is 7. The number of amides is 1. The highest BCUT2D eigenvalue weighted by atomic mass is 19.4. The van der Waals surface area contributed by atoms with Gasteiger partial charge in [-0.05, 0) is 17.7 Å². The van der Waals surface area contributed by atoms with Crippen LogP contribution in [0.15, 0.2) is 48.5 Å². The molecule has 5 nitrogen and oxygen atoms in total. The summed E-state index contributed by atoms with van der Waals surface area (Å²) in [6, 6.07) is 13.0. The molecule has 162 valence electrons. The Balaban J connectivity index is 1.43. The minimum Gasteiger partial charge on any atom is -0.496 e. The van der Waals surface area contributed by atoms with Crippen LogP contribution in [0, 0.1) is 0 Å². The molecule has 8 heteroatoms. The summed E-state index contributed by atoms with van der Waals surface area (Å²) in [4.78, 5) is 16.4. The number of ether oxygens (including phenoxy) is 1. The molecule has 0 spiro atoms. The van der Waals surface area contributed by atoms with Gasteiger partial charge in [-0.2, -0.15) is 13.2 Å². The van der Waals surface area contributed by atoms with Gasteiger partial charge in [0.2, 0.25) is 5.91 Å². The van der Waals surface area contributed by atoms with Crippen molar-refractivity contribution in [3.63, 3.8) is 0 Å². The van der Waals surface area contributed by atoms with Gasteiger partial charge in [0.25, 0.3) is 0 Å². The number of carbonyl (C=O) groups is 1. The number of methoxy groups -OCH3 is 1. The molecule has 1 aliphatic heterocycles. The molecule has 0 aliphatic carbocycles. The molecule has 1 saturated heterocycles. The number of hydrogen-bond acceptors (Lipinski definition) is 4. The van der Waals surface area contributed by atoms with Gasteiger partial charge < -0.3 is 10.1 Å². The number of benzene rings is 2. The number of nitrogens with zero attached hydrogens (tertiary/aromatic N) is 2. The van der Waals surface area contributed by atoms with Crippen molar-refractivity contribution < 1.29 is 22.7 Å². The summed E-state index contributed by atoms with van der Waals surface area (Å²) in [6.45, 7) is 3.97. The van der Waals surface area contributed by atoms with Crippen molar-refractivity contribution in [2.45, 2.75) is 19.3 Å². The Morgan fingerprint density at radius 2 is 1.73 bits per heavy atom. The molecule has 3 rings (SSSR count). The highest BCUT2D eigenvalue weighted by molar-refractivity contribution is 5.78. The van der Waals surface area contributed by atoms with E-state index in [9.17, 15) is 18.0 Å². The lowest BCUT2D eigenvalue weighted by molar-refractivity contribution is -0.137. The predicted octanol–water partition coefficient (Wildman–Crippen LogP) is 3.15. The second-order valence-corrected chi connectivity index (χ2v) is 7.34. The molecule has 2 aromatic carbocycles. The summed E-state index contributed by atoms with van der Waals surface area (Å²) in [5, 5.41) is 2.91. The van der Waals surface area contributed by atoms with Gasteiger partial charge in [-0.1, -0.05) is 36.4 Å². The smallest absolute Gasteiger partial charge is 0.416 e. The lowest BCUT2D eigenvalue weighted by Crippen LogP contribution is -2.49. The van der Waals surface area contributed by atoms with Crippen LogP contribution in [0.25, 0.3) is 0 Å². The van der Waals surface area contributed by atoms with Crippen LogP contribution in [0.4, 0.5) is 13.2 Å². The Morgan fingerprint density at radius 3 is 2.43 bits per heavy atom. The molecule has 0 atom stereocenters. The van der Waals surface area contributed by atoms with Gasteiger partial charge in [-0.3, -0.25) is 14.6 Å². The van der Waals surface area contributed by atoms with Crippen molar-refractivity contribution in [1.29, 1.82) is 0 Å². The molecule has 1 amide bonds. The van der Waals surface area contributed by atoms with Crippen LogP contribution in [0.5, 0.6) is 5.75 Å².